The summed E-state index contributed by atoms with van der Waals surface area (Å²) in [5.41, 5.74) is -0.953. The fraction of sp³-hybridized carbons (Fsp3) is 0.613. The highest BCUT2D eigenvalue weighted by atomic mass is 35.5. The molecule has 0 radical (unpaired) electrons. The van der Waals surface area contributed by atoms with Crippen molar-refractivity contribution in [1.29, 1.82) is 0 Å². The summed E-state index contributed by atoms with van der Waals surface area (Å²) in [4.78, 5) is 27.3. The normalized spacial score (nSPS) is 42.4. The van der Waals surface area contributed by atoms with Gasteiger partial charge in [-0.3, -0.25) is 9.59 Å². The summed E-state index contributed by atoms with van der Waals surface area (Å²) < 4.78 is 13.3. The number of hydrogen-bond acceptors (Lipinski definition) is 6. The number of halogens is 2. The molecule has 5 unspecified atom stereocenters. The number of thioether (sulfide) groups is 1. The maximum absolute atomic E-state index is 14.4. The minimum absolute atomic E-state index is 0.00596. The first kappa shape index (κ1) is 28.0. The van der Waals surface area contributed by atoms with Crippen LogP contribution in [0, 0.1) is 28.6 Å². The van der Waals surface area contributed by atoms with Crippen molar-refractivity contribution in [1.82, 2.24) is 0 Å². The van der Waals surface area contributed by atoms with Crippen molar-refractivity contribution in [2.24, 2.45) is 28.6 Å². The molecule has 1 heterocycles. The monoisotopic (exact) mass is 590 g/mol. The van der Waals surface area contributed by atoms with E-state index in [4.69, 9.17) is 32.7 Å². The first-order chi connectivity index (χ1) is 18.5. The number of Topliss-reactive ketones (excluding diaryl/α,β-unsaturated/α-hetero) is 1. The zero-order valence-corrected chi connectivity index (χ0v) is 25.0. The molecule has 8 heteroatoms. The number of aliphatic hydroxyl groups excluding tert-OH is 1. The van der Waals surface area contributed by atoms with Gasteiger partial charge in [0.05, 0.1) is 28.0 Å². The molecule has 9 atom stereocenters. The number of hydrogen-bond donors (Lipinski definition) is 1. The smallest absolute Gasteiger partial charge is 0.178 e. The third kappa shape index (κ3) is 4.07. The number of aliphatic hydroxyl groups is 1. The number of ether oxygens (including phenoxy) is 2. The summed E-state index contributed by atoms with van der Waals surface area (Å²) >= 11 is 14.0. The number of allylic oxidation sites excluding steroid dienone is 4. The summed E-state index contributed by atoms with van der Waals surface area (Å²) in [5.74, 6) is 0.538. The summed E-state index contributed by atoms with van der Waals surface area (Å²) in [7, 11) is 0. The Bertz CT molecular complexity index is 1260. The third-order valence-electron chi connectivity index (χ3n) is 10.5. The molecule has 0 aromatic heterocycles. The minimum Gasteiger partial charge on any atom is -0.393 e. The first-order valence-corrected chi connectivity index (χ1v) is 15.8. The van der Waals surface area contributed by atoms with E-state index in [1.807, 2.05) is 18.2 Å². The second kappa shape index (κ2) is 9.99. The van der Waals surface area contributed by atoms with E-state index in [1.165, 1.54) is 11.8 Å². The highest BCUT2D eigenvalue weighted by molar-refractivity contribution is 8.00. The number of benzene rings is 1. The van der Waals surface area contributed by atoms with Crippen molar-refractivity contribution in [3.8, 4) is 0 Å². The van der Waals surface area contributed by atoms with E-state index in [9.17, 15) is 14.7 Å². The maximum atomic E-state index is 14.4. The van der Waals surface area contributed by atoms with Crippen molar-refractivity contribution in [3.63, 3.8) is 0 Å². The van der Waals surface area contributed by atoms with Gasteiger partial charge in [0.25, 0.3) is 0 Å². The maximum Gasteiger partial charge on any atom is 0.178 e. The fourth-order valence-electron chi connectivity index (χ4n) is 8.85. The highest BCUT2D eigenvalue weighted by Gasteiger charge is 2.75. The fourth-order valence-corrected chi connectivity index (χ4v) is 10.3. The van der Waals surface area contributed by atoms with Crippen molar-refractivity contribution >= 4 is 46.5 Å². The standard InChI is InChI=1S/C31H36Cl2O5S/c1-4-6-26-37-25-14-20-19-10-9-17-13-18(34)11-12-29(17,2)27(19)22(35)15-30(20,3)31(25,38-26)24(36)16-39-23-8-5-7-21(32)28(23)33/h5,7-8,11-13,19-20,22,25-27,35H,4,6,9-10,14-16H2,1-3H3/t19?,20?,22-,25+,26+,27?,29?,30?,31+/m0/s1. The van der Waals surface area contributed by atoms with Crippen LogP contribution in [0.3, 0.4) is 0 Å². The second-order valence-electron chi connectivity index (χ2n) is 12.4. The molecular formula is C31H36Cl2O5S. The molecule has 4 aliphatic carbocycles. The summed E-state index contributed by atoms with van der Waals surface area (Å²) in [6, 6.07) is 5.44. The van der Waals surface area contributed by atoms with Crippen LogP contribution in [0.25, 0.3) is 0 Å². The summed E-state index contributed by atoms with van der Waals surface area (Å²) in [6.45, 7) is 6.40. The van der Waals surface area contributed by atoms with Gasteiger partial charge in [0.1, 0.15) is 0 Å². The van der Waals surface area contributed by atoms with Crippen molar-refractivity contribution < 1.29 is 24.2 Å². The Hall–Kier alpha value is -1.15. The molecule has 1 aromatic carbocycles. The molecule has 4 fully saturated rings. The van der Waals surface area contributed by atoms with Crippen molar-refractivity contribution in [2.45, 2.75) is 88.3 Å². The van der Waals surface area contributed by atoms with Crippen LogP contribution in [0.15, 0.2) is 46.9 Å². The van der Waals surface area contributed by atoms with E-state index in [-0.39, 0.29) is 46.6 Å². The topological polar surface area (TPSA) is 72.8 Å². The molecule has 1 saturated heterocycles. The molecule has 3 saturated carbocycles. The van der Waals surface area contributed by atoms with Crippen LogP contribution in [-0.2, 0) is 19.1 Å². The lowest BCUT2D eigenvalue weighted by molar-refractivity contribution is -0.197. The lowest BCUT2D eigenvalue weighted by atomic mass is 9.46. The minimum atomic E-state index is -1.13. The van der Waals surface area contributed by atoms with Gasteiger partial charge < -0.3 is 14.6 Å². The van der Waals surface area contributed by atoms with Crippen LogP contribution in [0.2, 0.25) is 10.0 Å². The largest absolute Gasteiger partial charge is 0.393 e. The van der Waals surface area contributed by atoms with Gasteiger partial charge in [-0.25, -0.2) is 0 Å². The third-order valence-corrected chi connectivity index (χ3v) is 12.5. The Morgan fingerprint density at radius 2 is 2.05 bits per heavy atom. The first-order valence-electron chi connectivity index (χ1n) is 14.1. The van der Waals surface area contributed by atoms with Crippen LogP contribution in [0.4, 0.5) is 0 Å². The molecule has 6 rings (SSSR count). The van der Waals surface area contributed by atoms with E-state index in [2.05, 4.69) is 20.8 Å². The Morgan fingerprint density at radius 1 is 1.26 bits per heavy atom. The number of ketones is 2. The molecule has 1 aliphatic heterocycles. The summed E-state index contributed by atoms with van der Waals surface area (Å²) in [6.07, 6.45) is 8.52. The molecule has 1 N–H and O–H groups in total. The molecule has 210 valence electrons. The van der Waals surface area contributed by atoms with Gasteiger partial charge >= 0.3 is 0 Å². The molecule has 5 nitrogen and oxygen atoms in total. The van der Waals surface area contributed by atoms with Gasteiger partial charge in [-0.1, -0.05) is 68.1 Å². The molecule has 0 amide bonds. The molecule has 39 heavy (non-hydrogen) atoms. The van der Waals surface area contributed by atoms with E-state index >= 15 is 0 Å². The van der Waals surface area contributed by atoms with E-state index < -0.39 is 23.4 Å². The Balaban J connectivity index is 1.35. The van der Waals surface area contributed by atoms with Crippen molar-refractivity contribution in [3.05, 3.63) is 52.0 Å². The quantitative estimate of drug-likeness (QED) is 0.366. The van der Waals surface area contributed by atoms with Gasteiger partial charge in [-0.05, 0) is 68.2 Å². The highest BCUT2D eigenvalue weighted by Crippen LogP contribution is 2.69. The van der Waals surface area contributed by atoms with Crippen LogP contribution >= 0.6 is 35.0 Å². The Kier molecular flexibility index (Phi) is 7.17. The predicted molar refractivity (Wildman–Crippen MR) is 153 cm³/mol. The number of carbonyl (C=O) groups excluding carboxylic acids is 2. The van der Waals surface area contributed by atoms with E-state index in [0.29, 0.717) is 16.5 Å². The predicted octanol–water partition coefficient (Wildman–Crippen LogP) is 6.82. The van der Waals surface area contributed by atoms with Gasteiger partial charge in [0.2, 0.25) is 0 Å². The van der Waals surface area contributed by atoms with E-state index in [0.717, 1.165) is 42.6 Å². The van der Waals surface area contributed by atoms with Gasteiger partial charge in [0, 0.05) is 21.6 Å². The Labute approximate surface area is 244 Å². The zero-order chi connectivity index (χ0) is 27.7. The zero-order valence-electron chi connectivity index (χ0n) is 22.6. The van der Waals surface area contributed by atoms with Gasteiger partial charge in [-0.2, -0.15) is 0 Å². The average Bonchev–Trinajstić information content (AvgIpc) is 3.37. The molecule has 0 spiro atoms. The van der Waals surface area contributed by atoms with Crippen molar-refractivity contribution in [2.75, 3.05) is 5.75 Å². The second-order valence-corrected chi connectivity index (χ2v) is 14.2. The lowest BCUT2D eigenvalue weighted by Gasteiger charge is -2.59. The number of fused-ring (bicyclic) bond motifs is 7. The van der Waals surface area contributed by atoms with Crippen LogP contribution in [-0.4, -0.2) is 46.5 Å². The van der Waals surface area contributed by atoms with Gasteiger partial charge in [-0.15, -0.1) is 11.8 Å². The molecule has 1 aromatic rings. The number of carbonyl (C=O) groups is 2. The van der Waals surface area contributed by atoms with Crippen LogP contribution < -0.4 is 0 Å². The van der Waals surface area contributed by atoms with Gasteiger partial charge in [0.15, 0.2) is 23.5 Å². The SMILES string of the molecule is CCC[C@@H]1O[C@@H]2CC3C4CCC5=CC(=O)C=CC5(C)C4[C@@H](O)CC3(C)[C@]2(C(=O)CSc2cccc(Cl)c2Cl)O1. The Morgan fingerprint density at radius 3 is 2.82 bits per heavy atom. The van der Waals surface area contributed by atoms with Crippen LogP contribution in [0.5, 0.6) is 0 Å². The summed E-state index contributed by atoms with van der Waals surface area (Å²) in [5, 5.41) is 12.8. The molecule has 5 aliphatic rings. The lowest BCUT2D eigenvalue weighted by Crippen LogP contribution is -2.63. The van der Waals surface area contributed by atoms with Crippen LogP contribution in [0.1, 0.15) is 59.3 Å². The average molecular weight is 592 g/mol. The number of rotatable bonds is 6. The van der Waals surface area contributed by atoms with E-state index in [1.54, 1.807) is 18.2 Å². The molecular weight excluding hydrogens is 555 g/mol. The molecule has 0 bridgehead atoms.